The third-order valence-corrected chi connectivity index (χ3v) is 4.04. The van der Waals surface area contributed by atoms with E-state index < -0.39 is 0 Å². The van der Waals surface area contributed by atoms with Crippen molar-refractivity contribution < 1.29 is 4.74 Å². The van der Waals surface area contributed by atoms with Crippen LogP contribution in [0, 0.1) is 0 Å². The number of benzene rings is 1. The van der Waals surface area contributed by atoms with Crippen molar-refractivity contribution in [3.63, 3.8) is 0 Å². The molecule has 0 radical (unpaired) electrons. The summed E-state index contributed by atoms with van der Waals surface area (Å²) in [4.78, 5) is 0. The summed E-state index contributed by atoms with van der Waals surface area (Å²) in [7, 11) is 1.82. The summed E-state index contributed by atoms with van der Waals surface area (Å²) < 4.78 is 5.45. The van der Waals surface area contributed by atoms with Crippen LogP contribution in [0.3, 0.4) is 0 Å². The van der Waals surface area contributed by atoms with Gasteiger partial charge in [0.2, 0.25) is 0 Å². The van der Waals surface area contributed by atoms with Crippen LogP contribution in [0.4, 0.5) is 0 Å². The highest BCUT2D eigenvalue weighted by molar-refractivity contribution is 6.17. The van der Waals surface area contributed by atoms with Crippen molar-refractivity contribution in [1.29, 1.82) is 0 Å². The fraction of sp³-hybridized carbons (Fsp3) is 0.600. The lowest BCUT2D eigenvalue weighted by atomic mass is 9.92. The molecule has 0 amide bonds. The van der Waals surface area contributed by atoms with E-state index in [9.17, 15) is 0 Å². The Morgan fingerprint density at radius 2 is 1.94 bits per heavy atom. The van der Waals surface area contributed by atoms with Crippen LogP contribution in [0.1, 0.15) is 36.8 Å². The smallest absolute Gasteiger partial charge is 0.0586 e. The van der Waals surface area contributed by atoms with Gasteiger partial charge in [-0.05, 0) is 36.8 Å². The molecule has 0 aliphatic heterocycles. The topological polar surface area (TPSA) is 21.3 Å². The molecule has 1 aromatic carbocycles. The Morgan fingerprint density at radius 3 is 2.61 bits per heavy atom. The summed E-state index contributed by atoms with van der Waals surface area (Å²) >= 11 is 5.78. The van der Waals surface area contributed by atoms with Gasteiger partial charge < -0.3 is 10.1 Å². The van der Waals surface area contributed by atoms with Gasteiger partial charge in [-0.3, -0.25) is 0 Å². The fourth-order valence-electron chi connectivity index (χ4n) is 2.55. The van der Waals surface area contributed by atoms with Gasteiger partial charge in [-0.15, -0.1) is 11.6 Å². The van der Waals surface area contributed by atoms with Crippen LogP contribution in [0.15, 0.2) is 24.3 Å². The molecule has 100 valence electrons. The quantitative estimate of drug-likeness (QED) is 0.825. The Bertz CT molecular complexity index is 352. The van der Waals surface area contributed by atoms with E-state index in [2.05, 4.69) is 29.6 Å². The first-order valence-electron chi connectivity index (χ1n) is 6.71. The van der Waals surface area contributed by atoms with Crippen molar-refractivity contribution in [3.05, 3.63) is 35.4 Å². The minimum atomic E-state index is 0.440. The minimum absolute atomic E-state index is 0.440. The number of halogens is 1. The molecule has 2 atom stereocenters. The molecule has 2 unspecified atom stereocenters. The Morgan fingerprint density at radius 1 is 1.22 bits per heavy atom. The molecule has 1 aromatic rings. The highest BCUT2D eigenvalue weighted by Crippen LogP contribution is 2.21. The van der Waals surface area contributed by atoms with Gasteiger partial charge in [0.25, 0.3) is 0 Å². The van der Waals surface area contributed by atoms with E-state index in [4.69, 9.17) is 16.3 Å². The number of ether oxygens (including phenoxy) is 1. The van der Waals surface area contributed by atoms with E-state index in [1.807, 2.05) is 7.11 Å². The molecule has 1 N–H and O–H groups in total. The summed E-state index contributed by atoms with van der Waals surface area (Å²) in [6.45, 7) is 0.934. The zero-order valence-electron chi connectivity index (χ0n) is 11.0. The largest absolute Gasteiger partial charge is 0.381 e. The van der Waals surface area contributed by atoms with Crippen molar-refractivity contribution >= 4 is 11.6 Å². The number of hydrogen-bond donors (Lipinski definition) is 1. The van der Waals surface area contributed by atoms with E-state index in [0.29, 0.717) is 18.0 Å². The first-order valence-corrected chi connectivity index (χ1v) is 7.25. The molecule has 0 saturated heterocycles. The molecule has 0 heterocycles. The lowest BCUT2D eigenvalue weighted by Gasteiger charge is -2.29. The molecule has 3 heteroatoms. The predicted octanol–water partition coefficient (Wildman–Crippen LogP) is 3.47. The van der Waals surface area contributed by atoms with Crippen LogP contribution < -0.4 is 5.32 Å². The molecule has 0 bridgehead atoms. The van der Waals surface area contributed by atoms with Gasteiger partial charge >= 0.3 is 0 Å². The highest BCUT2D eigenvalue weighted by atomic mass is 35.5. The zero-order chi connectivity index (χ0) is 12.8. The van der Waals surface area contributed by atoms with Gasteiger partial charge in [0.15, 0.2) is 0 Å². The molecule has 2 nitrogen and oxygen atoms in total. The molecule has 1 saturated carbocycles. The van der Waals surface area contributed by atoms with Crippen molar-refractivity contribution in [2.24, 2.45) is 0 Å². The van der Waals surface area contributed by atoms with E-state index >= 15 is 0 Å². The summed E-state index contributed by atoms with van der Waals surface area (Å²) in [5, 5.41) is 3.63. The zero-order valence-corrected chi connectivity index (χ0v) is 11.7. The van der Waals surface area contributed by atoms with Crippen molar-refractivity contribution in [3.8, 4) is 0 Å². The Labute approximate surface area is 115 Å². The Kier molecular flexibility index (Phi) is 5.48. The number of hydrogen-bond acceptors (Lipinski definition) is 2. The lowest BCUT2D eigenvalue weighted by molar-refractivity contribution is 0.0586. The maximum absolute atomic E-state index is 5.78. The second kappa shape index (κ2) is 7.13. The minimum Gasteiger partial charge on any atom is -0.381 e. The van der Waals surface area contributed by atoms with E-state index in [0.717, 1.165) is 13.0 Å². The summed E-state index contributed by atoms with van der Waals surface area (Å²) in [6.07, 6.45) is 5.31. The Balaban J connectivity index is 1.79. The van der Waals surface area contributed by atoms with Crippen molar-refractivity contribution in [2.45, 2.75) is 50.3 Å². The molecular formula is C15H22ClNO. The molecule has 1 aliphatic rings. The number of nitrogens with one attached hydrogen (secondary N) is 1. The predicted molar refractivity (Wildman–Crippen MR) is 75.9 cm³/mol. The van der Waals surface area contributed by atoms with Crippen LogP contribution in [0.2, 0.25) is 0 Å². The second-order valence-electron chi connectivity index (χ2n) is 5.05. The molecule has 18 heavy (non-hydrogen) atoms. The van der Waals surface area contributed by atoms with Crippen LogP contribution in [0.25, 0.3) is 0 Å². The molecule has 0 spiro atoms. The maximum Gasteiger partial charge on any atom is 0.0586 e. The van der Waals surface area contributed by atoms with E-state index in [1.54, 1.807) is 0 Å². The van der Waals surface area contributed by atoms with Crippen molar-refractivity contribution in [1.82, 2.24) is 5.32 Å². The third kappa shape index (κ3) is 3.98. The molecule has 1 fully saturated rings. The summed E-state index contributed by atoms with van der Waals surface area (Å²) in [6, 6.07) is 9.10. The second-order valence-corrected chi connectivity index (χ2v) is 5.32. The first kappa shape index (κ1) is 13.9. The number of alkyl halides is 1. The molecular weight excluding hydrogens is 246 g/mol. The fourth-order valence-corrected chi connectivity index (χ4v) is 2.73. The molecule has 0 aromatic heterocycles. The average Bonchev–Trinajstić information content (AvgIpc) is 2.46. The normalized spacial score (nSPS) is 24.1. The summed E-state index contributed by atoms with van der Waals surface area (Å²) in [5.74, 6) is 0.589. The van der Waals surface area contributed by atoms with Crippen LogP contribution >= 0.6 is 11.6 Å². The standard InChI is InChI=1S/C15H22ClNO/c1-18-15-4-2-3-14(9-15)17-11-13-7-5-12(10-16)6-8-13/h5-8,14-15,17H,2-4,9-11H2,1H3. The highest BCUT2D eigenvalue weighted by Gasteiger charge is 2.20. The third-order valence-electron chi connectivity index (χ3n) is 3.73. The number of methoxy groups -OCH3 is 1. The van der Waals surface area contributed by atoms with Gasteiger partial charge in [-0.25, -0.2) is 0 Å². The first-order chi connectivity index (χ1) is 8.81. The van der Waals surface area contributed by atoms with Gasteiger partial charge in [-0.1, -0.05) is 24.3 Å². The maximum atomic E-state index is 5.78. The molecule has 2 rings (SSSR count). The number of rotatable bonds is 5. The monoisotopic (exact) mass is 267 g/mol. The van der Waals surface area contributed by atoms with Gasteiger partial charge in [-0.2, -0.15) is 0 Å². The summed E-state index contributed by atoms with van der Waals surface area (Å²) in [5.41, 5.74) is 2.50. The van der Waals surface area contributed by atoms with Gasteiger partial charge in [0.05, 0.1) is 6.10 Å². The SMILES string of the molecule is COC1CCCC(NCc2ccc(CCl)cc2)C1. The van der Waals surface area contributed by atoms with E-state index in [-0.39, 0.29) is 0 Å². The average molecular weight is 268 g/mol. The van der Waals surface area contributed by atoms with E-state index in [1.165, 1.54) is 30.4 Å². The van der Waals surface area contributed by atoms with Gasteiger partial charge in [0.1, 0.15) is 0 Å². The van der Waals surface area contributed by atoms with Crippen molar-refractivity contribution in [2.75, 3.05) is 7.11 Å². The van der Waals surface area contributed by atoms with Crippen LogP contribution in [0.5, 0.6) is 0 Å². The Hall–Kier alpha value is -0.570. The lowest BCUT2D eigenvalue weighted by Crippen LogP contribution is -2.36. The van der Waals surface area contributed by atoms with Gasteiger partial charge in [0, 0.05) is 25.6 Å². The van der Waals surface area contributed by atoms with Crippen LogP contribution in [-0.2, 0) is 17.2 Å². The van der Waals surface area contributed by atoms with Crippen LogP contribution in [-0.4, -0.2) is 19.3 Å². The molecule has 1 aliphatic carbocycles.